The molecule has 1 saturated heterocycles. The lowest BCUT2D eigenvalue weighted by atomic mass is 9.91. The first-order valence-electron chi connectivity index (χ1n) is 4.74. The smallest absolute Gasteiger partial charge is 0.0587 e. The SMILES string of the molecule is CNC(CO)C1CCCN(C)C1. The topological polar surface area (TPSA) is 35.5 Å². The summed E-state index contributed by atoms with van der Waals surface area (Å²) >= 11 is 0. The molecule has 2 atom stereocenters. The maximum Gasteiger partial charge on any atom is 0.0587 e. The Labute approximate surface area is 74.8 Å². The number of rotatable bonds is 3. The van der Waals surface area contributed by atoms with Gasteiger partial charge in [-0.05, 0) is 39.4 Å². The molecular weight excluding hydrogens is 152 g/mol. The van der Waals surface area contributed by atoms with Gasteiger partial charge in [-0.3, -0.25) is 0 Å². The number of hydrogen-bond donors (Lipinski definition) is 2. The Morgan fingerprint density at radius 2 is 2.42 bits per heavy atom. The van der Waals surface area contributed by atoms with E-state index in [9.17, 15) is 0 Å². The van der Waals surface area contributed by atoms with Crippen molar-refractivity contribution in [3.8, 4) is 0 Å². The molecule has 0 aromatic rings. The van der Waals surface area contributed by atoms with Crippen molar-refractivity contribution >= 4 is 0 Å². The van der Waals surface area contributed by atoms with Crippen LogP contribution in [0.1, 0.15) is 12.8 Å². The predicted octanol–water partition coefficient (Wildman–Crippen LogP) is -0.0915. The van der Waals surface area contributed by atoms with Crippen molar-refractivity contribution in [3.05, 3.63) is 0 Å². The van der Waals surface area contributed by atoms with Gasteiger partial charge in [-0.1, -0.05) is 0 Å². The molecule has 1 heterocycles. The van der Waals surface area contributed by atoms with Crippen LogP contribution in [0.25, 0.3) is 0 Å². The monoisotopic (exact) mass is 172 g/mol. The third kappa shape index (κ3) is 2.44. The van der Waals surface area contributed by atoms with E-state index in [1.165, 1.54) is 19.4 Å². The second kappa shape index (κ2) is 4.80. The average Bonchev–Trinajstić information content (AvgIpc) is 2.07. The number of hydrogen-bond acceptors (Lipinski definition) is 3. The summed E-state index contributed by atoms with van der Waals surface area (Å²) in [5.74, 6) is 0.624. The van der Waals surface area contributed by atoms with Gasteiger partial charge in [0.05, 0.1) is 6.61 Å². The highest BCUT2D eigenvalue weighted by molar-refractivity contribution is 4.80. The van der Waals surface area contributed by atoms with Crippen molar-refractivity contribution in [2.45, 2.75) is 18.9 Å². The van der Waals surface area contributed by atoms with Gasteiger partial charge < -0.3 is 15.3 Å². The second-order valence-electron chi connectivity index (χ2n) is 3.74. The molecule has 1 aliphatic heterocycles. The lowest BCUT2D eigenvalue weighted by Gasteiger charge is -2.34. The highest BCUT2D eigenvalue weighted by Gasteiger charge is 2.23. The average molecular weight is 172 g/mol. The fraction of sp³-hybridized carbons (Fsp3) is 1.00. The van der Waals surface area contributed by atoms with E-state index in [1.807, 2.05) is 7.05 Å². The summed E-state index contributed by atoms with van der Waals surface area (Å²) in [5, 5.41) is 12.2. The number of aliphatic hydroxyl groups excluding tert-OH is 1. The highest BCUT2D eigenvalue weighted by Crippen LogP contribution is 2.18. The van der Waals surface area contributed by atoms with Crippen LogP contribution in [0.5, 0.6) is 0 Å². The normalized spacial score (nSPS) is 28.8. The zero-order valence-corrected chi connectivity index (χ0v) is 8.08. The van der Waals surface area contributed by atoms with E-state index in [0.29, 0.717) is 5.92 Å². The van der Waals surface area contributed by atoms with Gasteiger partial charge in [0.15, 0.2) is 0 Å². The minimum atomic E-state index is 0.259. The molecule has 1 fully saturated rings. The van der Waals surface area contributed by atoms with E-state index >= 15 is 0 Å². The second-order valence-corrected chi connectivity index (χ2v) is 3.74. The zero-order chi connectivity index (χ0) is 8.97. The number of aliphatic hydroxyl groups is 1. The third-order valence-corrected chi connectivity index (χ3v) is 2.80. The molecule has 3 heteroatoms. The van der Waals surface area contributed by atoms with Crippen molar-refractivity contribution in [1.82, 2.24) is 10.2 Å². The summed E-state index contributed by atoms with van der Waals surface area (Å²) in [4.78, 5) is 2.34. The number of likely N-dealkylation sites (N-methyl/N-ethyl adjacent to an activating group) is 1. The molecule has 0 spiro atoms. The van der Waals surface area contributed by atoms with Gasteiger partial charge >= 0.3 is 0 Å². The number of piperidine rings is 1. The van der Waals surface area contributed by atoms with Crippen molar-refractivity contribution in [2.75, 3.05) is 33.8 Å². The molecule has 0 aliphatic carbocycles. The standard InChI is InChI=1S/C9H20N2O/c1-10-9(7-12)8-4-3-5-11(2)6-8/h8-10,12H,3-7H2,1-2H3. The molecule has 0 aromatic heterocycles. The number of likely N-dealkylation sites (tertiary alicyclic amines) is 1. The van der Waals surface area contributed by atoms with Crippen LogP contribution in [0.4, 0.5) is 0 Å². The van der Waals surface area contributed by atoms with E-state index in [2.05, 4.69) is 17.3 Å². The Hall–Kier alpha value is -0.120. The van der Waals surface area contributed by atoms with Crippen LogP contribution in [0.3, 0.4) is 0 Å². The van der Waals surface area contributed by atoms with Crippen LogP contribution < -0.4 is 5.32 Å². The molecule has 12 heavy (non-hydrogen) atoms. The summed E-state index contributed by atoms with van der Waals surface area (Å²) in [5.41, 5.74) is 0. The van der Waals surface area contributed by atoms with E-state index in [4.69, 9.17) is 5.11 Å². The predicted molar refractivity (Wildman–Crippen MR) is 50.2 cm³/mol. The Bertz CT molecular complexity index is 126. The maximum atomic E-state index is 9.08. The molecule has 0 saturated carbocycles. The molecule has 0 aromatic carbocycles. The Balaban J connectivity index is 2.38. The van der Waals surface area contributed by atoms with Crippen LogP contribution >= 0.6 is 0 Å². The molecule has 0 bridgehead atoms. The van der Waals surface area contributed by atoms with Gasteiger partial charge in [-0.15, -0.1) is 0 Å². The Morgan fingerprint density at radius 3 is 2.92 bits per heavy atom. The molecular formula is C9H20N2O. The molecule has 2 unspecified atom stereocenters. The highest BCUT2D eigenvalue weighted by atomic mass is 16.3. The maximum absolute atomic E-state index is 9.08. The summed E-state index contributed by atoms with van der Waals surface area (Å²) in [7, 11) is 4.08. The Kier molecular flexibility index (Phi) is 3.98. The first-order chi connectivity index (χ1) is 5.77. The fourth-order valence-corrected chi connectivity index (χ4v) is 2.01. The summed E-state index contributed by atoms with van der Waals surface area (Å²) < 4.78 is 0. The lowest BCUT2D eigenvalue weighted by Crippen LogP contribution is -2.45. The van der Waals surface area contributed by atoms with E-state index in [0.717, 1.165) is 6.54 Å². The van der Waals surface area contributed by atoms with Crippen LogP contribution in [-0.2, 0) is 0 Å². The van der Waals surface area contributed by atoms with E-state index in [1.54, 1.807) is 0 Å². The lowest BCUT2D eigenvalue weighted by molar-refractivity contribution is 0.135. The van der Waals surface area contributed by atoms with Gasteiger partial charge in [-0.25, -0.2) is 0 Å². The molecule has 3 nitrogen and oxygen atoms in total. The first-order valence-corrected chi connectivity index (χ1v) is 4.74. The molecule has 72 valence electrons. The fourth-order valence-electron chi connectivity index (χ4n) is 2.01. The van der Waals surface area contributed by atoms with Crippen LogP contribution in [0.15, 0.2) is 0 Å². The third-order valence-electron chi connectivity index (χ3n) is 2.80. The van der Waals surface area contributed by atoms with Crippen molar-refractivity contribution in [1.29, 1.82) is 0 Å². The van der Waals surface area contributed by atoms with Crippen LogP contribution in [-0.4, -0.2) is 49.8 Å². The summed E-state index contributed by atoms with van der Waals surface area (Å²) in [6, 6.07) is 0.285. The minimum absolute atomic E-state index is 0.259. The van der Waals surface area contributed by atoms with Gasteiger partial charge in [0.2, 0.25) is 0 Å². The molecule has 0 amide bonds. The first kappa shape index (κ1) is 9.96. The number of nitrogens with zero attached hydrogens (tertiary/aromatic N) is 1. The van der Waals surface area contributed by atoms with Crippen molar-refractivity contribution < 1.29 is 5.11 Å². The molecule has 1 aliphatic rings. The Morgan fingerprint density at radius 1 is 1.67 bits per heavy atom. The van der Waals surface area contributed by atoms with E-state index < -0.39 is 0 Å². The molecule has 0 radical (unpaired) electrons. The van der Waals surface area contributed by atoms with Gasteiger partial charge in [0.1, 0.15) is 0 Å². The van der Waals surface area contributed by atoms with Crippen molar-refractivity contribution in [3.63, 3.8) is 0 Å². The molecule has 2 N–H and O–H groups in total. The molecule has 1 rings (SSSR count). The van der Waals surface area contributed by atoms with Crippen LogP contribution in [0.2, 0.25) is 0 Å². The largest absolute Gasteiger partial charge is 0.395 e. The van der Waals surface area contributed by atoms with Gasteiger partial charge in [0.25, 0.3) is 0 Å². The quantitative estimate of drug-likeness (QED) is 0.624. The van der Waals surface area contributed by atoms with Gasteiger partial charge in [-0.2, -0.15) is 0 Å². The van der Waals surface area contributed by atoms with E-state index in [-0.39, 0.29) is 12.6 Å². The zero-order valence-electron chi connectivity index (χ0n) is 8.08. The summed E-state index contributed by atoms with van der Waals surface area (Å²) in [6.45, 7) is 2.58. The minimum Gasteiger partial charge on any atom is -0.395 e. The van der Waals surface area contributed by atoms with Crippen LogP contribution in [0, 0.1) is 5.92 Å². The van der Waals surface area contributed by atoms with Gasteiger partial charge in [0, 0.05) is 12.6 Å². The van der Waals surface area contributed by atoms with Crippen molar-refractivity contribution in [2.24, 2.45) is 5.92 Å². The summed E-state index contributed by atoms with van der Waals surface area (Å²) in [6.07, 6.45) is 2.51. The number of nitrogens with one attached hydrogen (secondary N) is 1.